The Morgan fingerprint density at radius 2 is 2.12 bits per heavy atom. The zero-order chi connectivity index (χ0) is 12.3. The molecule has 0 spiro atoms. The van der Waals surface area contributed by atoms with Gasteiger partial charge in [-0.15, -0.1) is 0 Å². The van der Waals surface area contributed by atoms with Crippen LogP contribution in [0, 0.1) is 6.92 Å². The standard InChI is InChI=1S/C13H16O4/c1-9-2-4-10(5-3-9)16-8-11-6-7-12(17-11)13(14)15/h2-5,11-12H,6-8H2,1H3,(H,14,15). The van der Waals surface area contributed by atoms with E-state index in [1.165, 1.54) is 5.56 Å². The summed E-state index contributed by atoms with van der Waals surface area (Å²) >= 11 is 0. The second-order valence-corrected chi connectivity index (χ2v) is 4.29. The Kier molecular flexibility index (Phi) is 3.64. The summed E-state index contributed by atoms with van der Waals surface area (Å²) < 4.78 is 10.9. The second kappa shape index (κ2) is 5.19. The summed E-state index contributed by atoms with van der Waals surface area (Å²) in [6, 6.07) is 7.76. The third-order valence-corrected chi connectivity index (χ3v) is 2.84. The molecule has 2 unspecified atom stereocenters. The monoisotopic (exact) mass is 236 g/mol. The van der Waals surface area contributed by atoms with E-state index < -0.39 is 12.1 Å². The van der Waals surface area contributed by atoms with Crippen LogP contribution in [0.3, 0.4) is 0 Å². The normalized spacial score (nSPS) is 23.6. The fourth-order valence-corrected chi connectivity index (χ4v) is 1.83. The fraction of sp³-hybridized carbons (Fsp3) is 0.462. The quantitative estimate of drug-likeness (QED) is 0.868. The van der Waals surface area contributed by atoms with Crippen molar-refractivity contribution in [2.45, 2.75) is 32.0 Å². The van der Waals surface area contributed by atoms with E-state index >= 15 is 0 Å². The van der Waals surface area contributed by atoms with Crippen LogP contribution in [0.1, 0.15) is 18.4 Å². The van der Waals surface area contributed by atoms with Gasteiger partial charge in [0.2, 0.25) is 0 Å². The Balaban J connectivity index is 1.80. The van der Waals surface area contributed by atoms with E-state index in [0.29, 0.717) is 13.0 Å². The number of rotatable bonds is 4. The summed E-state index contributed by atoms with van der Waals surface area (Å²) in [4.78, 5) is 10.7. The highest BCUT2D eigenvalue weighted by molar-refractivity contribution is 5.72. The number of carbonyl (C=O) groups is 1. The Hall–Kier alpha value is -1.55. The lowest BCUT2D eigenvalue weighted by atomic mass is 10.2. The van der Waals surface area contributed by atoms with Crippen LogP contribution in [0.25, 0.3) is 0 Å². The van der Waals surface area contributed by atoms with Crippen molar-refractivity contribution in [1.82, 2.24) is 0 Å². The molecular weight excluding hydrogens is 220 g/mol. The van der Waals surface area contributed by atoms with Crippen molar-refractivity contribution in [1.29, 1.82) is 0 Å². The van der Waals surface area contributed by atoms with Gasteiger partial charge in [-0.3, -0.25) is 0 Å². The number of hydrogen-bond donors (Lipinski definition) is 1. The van der Waals surface area contributed by atoms with Gasteiger partial charge >= 0.3 is 5.97 Å². The highest BCUT2D eigenvalue weighted by atomic mass is 16.6. The maximum atomic E-state index is 10.7. The van der Waals surface area contributed by atoms with E-state index in [1.807, 2.05) is 31.2 Å². The minimum absolute atomic E-state index is 0.114. The van der Waals surface area contributed by atoms with Crippen molar-refractivity contribution in [3.63, 3.8) is 0 Å². The fourth-order valence-electron chi connectivity index (χ4n) is 1.83. The lowest BCUT2D eigenvalue weighted by Gasteiger charge is -2.12. The lowest BCUT2D eigenvalue weighted by molar-refractivity contribution is -0.149. The van der Waals surface area contributed by atoms with Crippen molar-refractivity contribution >= 4 is 5.97 Å². The zero-order valence-corrected chi connectivity index (χ0v) is 9.76. The molecule has 2 rings (SSSR count). The Labute approximate surface area is 100 Å². The first-order valence-electron chi connectivity index (χ1n) is 5.73. The molecule has 1 aromatic carbocycles. The van der Waals surface area contributed by atoms with Crippen LogP contribution in [0.15, 0.2) is 24.3 Å². The van der Waals surface area contributed by atoms with Crippen molar-refractivity contribution in [2.24, 2.45) is 0 Å². The number of carboxylic acid groups (broad SMARTS) is 1. The molecule has 0 radical (unpaired) electrons. The molecule has 0 amide bonds. The Morgan fingerprint density at radius 1 is 1.41 bits per heavy atom. The molecule has 0 aromatic heterocycles. The minimum Gasteiger partial charge on any atom is -0.491 e. The van der Waals surface area contributed by atoms with Crippen LogP contribution in [0.2, 0.25) is 0 Å². The minimum atomic E-state index is -0.886. The summed E-state index contributed by atoms with van der Waals surface area (Å²) in [5.41, 5.74) is 1.18. The predicted octanol–water partition coefficient (Wildman–Crippen LogP) is 2.01. The first kappa shape index (κ1) is 11.9. The number of hydrogen-bond acceptors (Lipinski definition) is 3. The molecular formula is C13H16O4. The van der Waals surface area contributed by atoms with Crippen molar-refractivity contribution in [3.05, 3.63) is 29.8 Å². The highest BCUT2D eigenvalue weighted by Gasteiger charge is 2.30. The number of ether oxygens (including phenoxy) is 2. The molecule has 1 heterocycles. The van der Waals surface area contributed by atoms with Gasteiger partial charge in [0.05, 0.1) is 6.10 Å². The Morgan fingerprint density at radius 3 is 2.71 bits per heavy atom. The third-order valence-electron chi connectivity index (χ3n) is 2.84. The van der Waals surface area contributed by atoms with E-state index in [-0.39, 0.29) is 6.10 Å². The predicted molar refractivity (Wildman–Crippen MR) is 62.2 cm³/mol. The maximum Gasteiger partial charge on any atom is 0.332 e. The molecule has 4 heteroatoms. The number of aryl methyl sites for hydroxylation is 1. The topological polar surface area (TPSA) is 55.8 Å². The van der Waals surface area contributed by atoms with E-state index in [1.54, 1.807) is 0 Å². The molecule has 4 nitrogen and oxygen atoms in total. The van der Waals surface area contributed by atoms with Crippen molar-refractivity contribution in [2.75, 3.05) is 6.61 Å². The van der Waals surface area contributed by atoms with Gasteiger partial charge in [-0.2, -0.15) is 0 Å². The molecule has 1 fully saturated rings. The molecule has 0 saturated carbocycles. The first-order chi connectivity index (χ1) is 8.15. The van der Waals surface area contributed by atoms with Crippen LogP contribution in [-0.4, -0.2) is 29.9 Å². The molecule has 92 valence electrons. The Bertz CT molecular complexity index is 385. The van der Waals surface area contributed by atoms with Gasteiger partial charge in [0.15, 0.2) is 6.10 Å². The molecule has 0 aliphatic carbocycles. The van der Waals surface area contributed by atoms with E-state index in [4.69, 9.17) is 14.6 Å². The summed E-state index contributed by atoms with van der Waals surface area (Å²) in [7, 11) is 0. The summed E-state index contributed by atoms with van der Waals surface area (Å²) in [6.07, 6.45) is 0.527. The average molecular weight is 236 g/mol. The highest BCUT2D eigenvalue weighted by Crippen LogP contribution is 2.21. The largest absolute Gasteiger partial charge is 0.491 e. The van der Waals surface area contributed by atoms with Crippen LogP contribution >= 0.6 is 0 Å². The van der Waals surface area contributed by atoms with E-state index in [0.717, 1.165) is 12.2 Å². The lowest BCUT2D eigenvalue weighted by Crippen LogP contribution is -2.23. The van der Waals surface area contributed by atoms with Gasteiger partial charge in [-0.1, -0.05) is 17.7 Å². The van der Waals surface area contributed by atoms with Gasteiger partial charge in [-0.25, -0.2) is 4.79 Å². The number of aliphatic carboxylic acids is 1. The van der Waals surface area contributed by atoms with Gasteiger partial charge < -0.3 is 14.6 Å². The van der Waals surface area contributed by atoms with Gasteiger partial charge in [0, 0.05) is 0 Å². The molecule has 0 bridgehead atoms. The summed E-state index contributed by atoms with van der Waals surface area (Å²) in [5.74, 6) is -0.0965. The SMILES string of the molecule is Cc1ccc(OCC2CCC(C(=O)O)O2)cc1. The molecule has 2 atom stereocenters. The molecule has 17 heavy (non-hydrogen) atoms. The van der Waals surface area contributed by atoms with Crippen LogP contribution in [0.5, 0.6) is 5.75 Å². The van der Waals surface area contributed by atoms with Gasteiger partial charge in [0.1, 0.15) is 12.4 Å². The van der Waals surface area contributed by atoms with E-state index in [9.17, 15) is 4.79 Å². The maximum absolute atomic E-state index is 10.7. The molecule has 1 aliphatic heterocycles. The average Bonchev–Trinajstić information content (AvgIpc) is 2.77. The molecule has 1 aliphatic rings. The zero-order valence-electron chi connectivity index (χ0n) is 9.76. The van der Waals surface area contributed by atoms with Gasteiger partial charge in [-0.05, 0) is 31.9 Å². The second-order valence-electron chi connectivity index (χ2n) is 4.29. The smallest absolute Gasteiger partial charge is 0.332 e. The van der Waals surface area contributed by atoms with Crippen molar-refractivity contribution < 1.29 is 19.4 Å². The van der Waals surface area contributed by atoms with Crippen LogP contribution < -0.4 is 4.74 Å². The van der Waals surface area contributed by atoms with Gasteiger partial charge in [0.25, 0.3) is 0 Å². The molecule has 1 aromatic rings. The van der Waals surface area contributed by atoms with E-state index in [2.05, 4.69) is 0 Å². The number of benzene rings is 1. The van der Waals surface area contributed by atoms with Crippen LogP contribution in [-0.2, 0) is 9.53 Å². The summed E-state index contributed by atoms with van der Waals surface area (Å²) in [6.45, 7) is 2.42. The summed E-state index contributed by atoms with van der Waals surface area (Å²) in [5, 5.41) is 8.78. The third kappa shape index (κ3) is 3.20. The van der Waals surface area contributed by atoms with Crippen LogP contribution in [0.4, 0.5) is 0 Å². The molecule has 1 saturated heterocycles. The number of carboxylic acids is 1. The van der Waals surface area contributed by atoms with Crippen molar-refractivity contribution in [3.8, 4) is 5.75 Å². The molecule has 1 N–H and O–H groups in total. The first-order valence-corrected chi connectivity index (χ1v) is 5.73.